The number of pyridine rings is 2. The van der Waals surface area contributed by atoms with E-state index in [1.807, 2.05) is 24.6 Å². The van der Waals surface area contributed by atoms with Crippen LogP contribution >= 0.6 is 11.6 Å². The van der Waals surface area contributed by atoms with Crippen molar-refractivity contribution in [3.8, 4) is 11.1 Å². The van der Waals surface area contributed by atoms with Crippen LogP contribution in [0.15, 0.2) is 30.6 Å². The molecule has 0 fully saturated rings. The lowest BCUT2D eigenvalue weighted by Gasteiger charge is -2.12. The number of carbonyl (C=O) groups excluding carboxylic acids is 1. The normalized spacial score (nSPS) is 11.4. The van der Waals surface area contributed by atoms with E-state index in [4.69, 9.17) is 16.3 Å². The number of carbonyl (C=O) groups is 1. The standard InChI is InChI=1S/C19H19ClN4O2/c1-4-24-19-15(11-22-24)18(13-8-9-21-16(20)10-13)14(12(3)23-19)6-7-17(25)26-5-2/h6-11H,4-5H2,1-3H3/b7-6+. The molecule has 134 valence electrons. The maximum atomic E-state index is 11.8. The minimum Gasteiger partial charge on any atom is -0.463 e. The Morgan fingerprint density at radius 1 is 1.38 bits per heavy atom. The van der Waals surface area contributed by atoms with Gasteiger partial charge in [-0.25, -0.2) is 19.4 Å². The first kappa shape index (κ1) is 18.1. The van der Waals surface area contributed by atoms with Gasteiger partial charge in [-0.15, -0.1) is 0 Å². The molecule has 0 aliphatic heterocycles. The molecule has 0 saturated carbocycles. The van der Waals surface area contributed by atoms with Crippen molar-refractivity contribution in [3.05, 3.63) is 47.0 Å². The van der Waals surface area contributed by atoms with Gasteiger partial charge in [-0.05, 0) is 44.5 Å². The highest BCUT2D eigenvalue weighted by molar-refractivity contribution is 6.29. The molecule has 7 heteroatoms. The molecule has 0 atom stereocenters. The maximum Gasteiger partial charge on any atom is 0.330 e. The Morgan fingerprint density at radius 2 is 2.19 bits per heavy atom. The van der Waals surface area contributed by atoms with Crippen LogP contribution in [0.3, 0.4) is 0 Å². The summed E-state index contributed by atoms with van der Waals surface area (Å²) in [5.74, 6) is -0.394. The predicted molar refractivity (Wildman–Crippen MR) is 102 cm³/mol. The number of nitrogens with zero attached hydrogens (tertiary/aromatic N) is 4. The van der Waals surface area contributed by atoms with E-state index in [-0.39, 0.29) is 0 Å². The topological polar surface area (TPSA) is 69.9 Å². The first-order valence-electron chi connectivity index (χ1n) is 8.38. The van der Waals surface area contributed by atoms with Gasteiger partial charge < -0.3 is 4.74 Å². The molecule has 0 saturated heterocycles. The number of fused-ring (bicyclic) bond motifs is 1. The average molecular weight is 371 g/mol. The number of ether oxygens (including phenoxy) is 1. The molecule has 6 nitrogen and oxygen atoms in total. The molecule has 0 amide bonds. The lowest BCUT2D eigenvalue weighted by Crippen LogP contribution is -2.02. The van der Waals surface area contributed by atoms with Crippen molar-refractivity contribution in [1.82, 2.24) is 19.7 Å². The van der Waals surface area contributed by atoms with E-state index in [9.17, 15) is 4.79 Å². The van der Waals surface area contributed by atoms with Crippen molar-refractivity contribution in [2.24, 2.45) is 0 Å². The first-order valence-corrected chi connectivity index (χ1v) is 8.75. The van der Waals surface area contributed by atoms with E-state index in [0.717, 1.165) is 33.4 Å². The zero-order valence-corrected chi connectivity index (χ0v) is 15.6. The summed E-state index contributed by atoms with van der Waals surface area (Å²) in [6, 6.07) is 3.67. The van der Waals surface area contributed by atoms with Crippen molar-refractivity contribution in [3.63, 3.8) is 0 Å². The van der Waals surface area contributed by atoms with Crippen LogP contribution in [0.25, 0.3) is 28.2 Å². The molecule has 0 spiro atoms. The van der Waals surface area contributed by atoms with Crippen LogP contribution in [-0.4, -0.2) is 32.3 Å². The molecule has 0 aromatic carbocycles. The minimum atomic E-state index is -0.394. The Morgan fingerprint density at radius 3 is 2.88 bits per heavy atom. The van der Waals surface area contributed by atoms with E-state index in [1.165, 1.54) is 6.08 Å². The Bertz CT molecular complexity index is 995. The molecule has 3 aromatic heterocycles. The van der Waals surface area contributed by atoms with Gasteiger partial charge in [-0.2, -0.15) is 5.10 Å². The van der Waals surface area contributed by atoms with Crippen molar-refractivity contribution in [2.45, 2.75) is 27.3 Å². The fraction of sp³-hybridized carbons (Fsp3) is 0.263. The van der Waals surface area contributed by atoms with Gasteiger partial charge in [0.2, 0.25) is 0 Å². The lowest BCUT2D eigenvalue weighted by atomic mass is 9.97. The number of halogens is 1. The van der Waals surface area contributed by atoms with Gasteiger partial charge in [0, 0.05) is 41.0 Å². The number of rotatable bonds is 5. The molecule has 0 aliphatic carbocycles. The Labute approximate surface area is 156 Å². The van der Waals surface area contributed by atoms with Gasteiger partial charge in [0.05, 0.1) is 12.8 Å². The molecule has 3 aromatic rings. The monoisotopic (exact) mass is 370 g/mol. The SMILES string of the molecule is CCOC(=O)/C=C/c1c(C)nc2c(cnn2CC)c1-c1ccnc(Cl)c1. The molecule has 0 aliphatic rings. The molecule has 3 rings (SSSR count). The summed E-state index contributed by atoms with van der Waals surface area (Å²) in [4.78, 5) is 20.5. The van der Waals surface area contributed by atoms with E-state index in [0.29, 0.717) is 18.3 Å². The minimum absolute atomic E-state index is 0.329. The summed E-state index contributed by atoms with van der Waals surface area (Å²) >= 11 is 6.10. The van der Waals surface area contributed by atoms with Gasteiger partial charge in [0.25, 0.3) is 0 Å². The van der Waals surface area contributed by atoms with Crippen LogP contribution in [0.2, 0.25) is 5.15 Å². The quantitative estimate of drug-likeness (QED) is 0.385. The summed E-state index contributed by atoms with van der Waals surface area (Å²) < 4.78 is 6.82. The van der Waals surface area contributed by atoms with Crippen molar-refractivity contribution >= 4 is 34.7 Å². The summed E-state index contributed by atoms with van der Waals surface area (Å²) in [7, 11) is 0. The summed E-state index contributed by atoms with van der Waals surface area (Å²) in [6.45, 7) is 6.73. The zero-order chi connectivity index (χ0) is 18.7. The molecule has 26 heavy (non-hydrogen) atoms. The van der Waals surface area contributed by atoms with Crippen LogP contribution in [0, 0.1) is 6.92 Å². The van der Waals surface area contributed by atoms with Gasteiger partial charge in [0.15, 0.2) is 5.65 Å². The summed E-state index contributed by atoms with van der Waals surface area (Å²) in [5.41, 5.74) is 4.21. The zero-order valence-electron chi connectivity index (χ0n) is 14.9. The average Bonchev–Trinajstić information content (AvgIpc) is 3.02. The number of hydrogen-bond acceptors (Lipinski definition) is 5. The predicted octanol–water partition coefficient (Wildman–Crippen LogP) is 4.05. The third-order valence-corrected chi connectivity index (χ3v) is 4.21. The fourth-order valence-electron chi connectivity index (χ4n) is 2.86. The van der Waals surface area contributed by atoms with E-state index >= 15 is 0 Å². The van der Waals surface area contributed by atoms with Crippen LogP contribution < -0.4 is 0 Å². The Balaban J connectivity index is 2.27. The van der Waals surface area contributed by atoms with E-state index in [1.54, 1.807) is 31.5 Å². The molecule has 0 unspecified atom stereocenters. The first-order chi connectivity index (χ1) is 12.5. The Hall–Kier alpha value is -2.73. The third-order valence-electron chi connectivity index (χ3n) is 4.00. The van der Waals surface area contributed by atoms with Crippen LogP contribution in [0.4, 0.5) is 0 Å². The second-order valence-corrected chi connectivity index (χ2v) is 6.02. The highest BCUT2D eigenvalue weighted by Gasteiger charge is 2.17. The Kier molecular flexibility index (Phi) is 5.32. The molecule has 0 N–H and O–H groups in total. The molecule has 0 radical (unpaired) electrons. The molecular formula is C19H19ClN4O2. The van der Waals surface area contributed by atoms with Gasteiger partial charge in [-0.3, -0.25) is 0 Å². The number of esters is 1. The summed E-state index contributed by atoms with van der Waals surface area (Å²) in [5, 5.41) is 5.71. The molecular weight excluding hydrogens is 352 g/mol. The van der Waals surface area contributed by atoms with E-state index < -0.39 is 5.97 Å². The van der Waals surface area contributed by atoms with Gasteiger partial charge >= 0.3 is 5.97 Å². The second-order valence-electron chi connectivity index (χ2n) is 5.64. The largest absolute Gasteiger partial charge is 0.463 e. The van der Waals surface area contributed by atoms with Crippen LogP contribution in [0.5, 0.6) is 0 Å². The highest BCUT2D eigenvalue weighted by atomic mass is 35.5. The van der Waals surface area contributed by atoms with Crippen molar-refractivity contribution in [2.75, 3.05) is 6.61 Å². The number of hydrogen-bond donors (Lipinski definition) is 0. The van der Waals surface area contributed by atoms with Gasteiger partial charge in [0.1, 0.15) is 5.15 Å². The highest BCUT2D eigenvalue weighted by Crippen LogP contribution is 2.34. The smallest absolute Gasteiger partial charge is 0.330 e. The number of aromatic nitrogens is 4. The van der Waals surface area contributed by atoms with Crippen molar-refractivity contribution < 1.29 is 9.53 Å². The van der Waals surface area contributed by atoms with Crippen LogP contribution in [-0.2, 0) is 16.1 Å². The number of aryl methyl sites for hydroxylation is 2. The van der Waals surface area contributed by atoms with Crippen molar-refractivity contribution in [1.29, 1.82) is 0 Å². The van der Waals surface area contributed by atoms with Gasteiger partial charge in [-0.1, -0.05) is 11.6 Å². The lowest BCUT2D eigenvalue weighted by molar-refractivity contribution is -0.137. The maximum absolute atomic E-state index is 11.8. The third kappa shape index (κ3) is 3.46. The summed E-state index contributed by atoms with van der Waals surface area (Å²) in [6.07, 6.45) is 6.58. The molecule has 3 heterocycles. The molecule has 0 bridgehead atoms. The van der Waals surface area contributed by atoms with Crippen LogP contribution in [0.1, 0.15) is 25.1 Å². The fourth-order valence-corrected chi connectivity index (χ4v) is 3.04. The van der Waals surface area contributed by atoms with E-state index in [2.05, 4.69) is 15.1 Å². The second kappa shape index (κ2) is 7.66.